The zero-order valence-electron chi connectivity index (χ0n) is 17.9. The molecule has 0 rings (SSSR count). The first-order valence-corrected chi connectivity index (χ1v) is 10.9. The number of ether oxygens (including phenoxy) is 3. The van der Waals surface area contributed by atoms with Crippen LogP contribution in [0.2, 0.25) is 0 Å². The van der Waals surface area contributed by atoms with Crippen LogP contribution >= 0.6 is 0 Å². The minimum atomic E-state index is -0.0836. The molecule has 0 saturated heterocycles. The van der Waals surface area contributed by atoms with E-state index in [9.17, 15) is 9.59 Å². The van der Waals surface area contributed by atoms with Crippen LogP contribution in [0.15, 0.2) is 0 Å². The van der Waals surface area contributed by atoms with Gasteiger partial charge in [0.1, 0.15) is 0 Å². The lowest BCUT2D eigenvalue weighted by Crippen LogP contribution is -2.09. The van der Waals surface area contributed by atoms with Gasteiger partial charge in [0, 0.05) is 26.6 Å². The Morgan fingerprint density at radius 3 is 1.78 bits per heavy atom. The molecular formula is C22H42O5. The topological polar surface area (TPSA) is 61.8 Å². The van der Waals surface area contributed by atoms with Crippen molar-refractivity contribution in [3.63, 3.8) is 0 Å². The van der Waals surface area contributed by atoms with Gasteiger partial charge in [-0.3, -0.25) is 9.59 Å². The third kappa shape index (κ3) is 19.5. The monoisotopic (exact) mass is 386 g/mol. The van der Waals surface area contributed by atoms with Crippen LogP contribution in [0.3, 0.4) is 0 Å². The van der Waals surface area contributed by atoms with Crippen LogP contribution in [0.4, 0.5) is 0 Å². The number of methoxy groups -OCH3 is 1. The third-order valence-electron chi connectivity index (χ3n) is 4.71. The smallest absolute Gasteiger partial charge is 0.305 e. The van der Waals surface area contributed by atoms with E-state index in [1.807, 2.05) is 0 Å². The van der Waals surface area contributed by atoms with Crippen molar-refractivity contribution >= 4 is 11.9 Å². The molecule has 5 nitrogen and oxygen atoms in total. The van der Waals surface area contributed by atoms with E-state index in [0.717, 1.165) is 77.2 Å². The SMILES string of the molecule is CCCCCOC(=O)CCCCCCCCC(=O)OCCC(C)CCOC. The molecule has 160 valence electrons. The molecule has 5 heteroatoms. The Labute approximate surface area is 166 Å². The third-order valence-corrected chi connectivity index (χ3v) is 4.71. The predicted molar refractivity (Wildman–Crippen MR) is 109 cm³/mol. The van der Waals surface area contributed by atoms with Gasteiger partial charge in [-0.25, -0.2) is 0 Å². The van der Waals surface area contributed by atoms with Crippen molar-refractivity contribution in [2.45, 2.75) is 97.3 Å². The van der Waals surface area contributed by atoms with Gasteiger partial charge in [0.25, 0.3) is 0 Å². The molecule has 0 aromatic rings. The van der Waals surface area contributed by atoms with E-state index in [0.29, 0.717) is 32.0 Å². The first kappa shape index (κ1) is 25.9. The van der Waals surface area contributed by atoms with E-state index in [4.69, 9.17) is 14.2 Å². The van der Waals surface area contributed by atoms with Crippen molar-refractivity contribution in [2.75, 3.05) is 26.9 Å². The highest BCUT2D eigenvalue weighted by molar-refractivity contribution is 5.69. The molecule has 0 saturated carbocycles. The van der Waals surface area contributed by atoms with Crippen molar-refractivity contribution in [3.8, 4) is 0 Å². The zero-order chi connectivity index (χ0) is 20.2. The molecule has 0 amide bonds. The van der Waals surface area contributed by atoms with E-state index in [-0.39, 0.29) is 11.9 Å². The summed E-state index contributed by atoms with van der Waals surface area (Å²) in [5.74, 6) is 0.372. The Morgan fingerprint density at radius 2 is 1.22 bits per heavy atom. The highest BCUT2D eigenvalue weighted by Gasteiger charge is 2.06. The summed E-state index contributed by atoms with van der Waals surface area (Å²) in [6.07, 6.45) is 12.3. The standard InChI is InChI=1S/C22H42O5/c1-4-5-12-17-26-21(23)13-10-8-6-7-9-11-14-22(24)27-19-16-20(2)15-18-25-3/h20H,4-19H2,1-3H3. The molecule has 1 unspecified atom stereocenters. The van der Waals surface area contributed by atoms with Crippen molar-refractivity contribution < 1.29 is 23.8 Å². The van der Waals surface area contributed by atoms with Gasteiger partial charge in [0.05, 0.1) is 13.2 Å². The number of esters is 2. The maximum absolute atomic E-state index is 11.7. The van der Waals surface area contributed by atoms with Crippen LogP contribution < -0.4 is 0 Å². The molecule has 0 spiro atoms. The summed E-state index contributed by atoms with van der Waals surface area (Å²) in [7, 11) is 1.70. The molecule has 0 bridgehead atoms. The lowest BCUT2D eigenvalue weighted by molar-refractivity contribution is -0.145. The van der Waals surface area contributed by atoms with Crippen molar-refractivity contribution in [1.82, 2.24) is 0 Å². The zero-order valence-corrected chi connectivity index (χ0v) is 17.9. The van der Waals surface area contributed by atoms with Crippen LogP contribution in [0.5, 0.6) is 0 Å². The second-order valence-electron chi connectivity index (χ2n) is 7.44. The lowest BCUT2D eigenvalue weighted by atomic mass is 10.1. The average molecular weight is 387 g/mol. The van der Waals surface area contributed by atoms with E-state index in [1.54, 1.807) is 7.11 Å². The fourth-order valence-corrected chi connectivity index (χ4v) is 2.77. The Kier molecular flexibility index (Phi) is 18.9. The van der Waals surface area contributed by atoms with Gasteiger partial charge in [-0.15, -0.1) is 0 Å². The molecule has 0 aliphatic heterocycles. The number of rotatable bonds is 19. The normalized spacial score (nSPS) is 12.0. The number of carbonyl (C=O) groups is 2. The first-order chi connectivity index (χ1) is 13.1. The van der Waals surface area contributed by atoms with Crippen LogP contribution in [-0.2, 0) is 23.8 Å². The lowest BCUT2D eigenvalue weighted by Gasteiger charge is -2.11. The van der Waals surface area contributed by atoms with E-state index in [2.05, 4.69) is 13.8 Å². The summed E-state index contributed by atoms with van der Waals surface area (Å²) in [5.41, 5.74) is 0. The Bertz CT molecular complexity index is 357. The number of carbonyl (C=O) groups excluding carboxylic acids is 2. The van der Waals surface area contributed by atoms with E-state index < -0.39 is 0 Å². The maximum Gasteiger partial charge on any atom is 0.305 e. The number of hydrogen-bond donors (Lipinski definition) is 0. The largest absolute Gasteiger partial charge is 0.466 e. The Balaban J connectivity index is 3.33. The van der Waals surface area contributed by atoms with E-state index in [1.165, 1.54) is 0 Å². The van der Waals surface area contributed by atoms with Gasteiger partial charge in [0.2, 0.25) is 0 Å². The van der Waals surface area contributed by atoms with E-state index >= 15 is 0 Å². The quantitative estimate of drug-likeness (QED) is 0.218. The second-order valence-corrected chi connectivity index (χ2v) is 7.44. The van der Waals surface area contributed by atoms with Crippen LogP contribution in [0, 0.1) is 5.92 Å². The molecule has 0 aromatic carbocycles. The van der Waals surface area contributed by atoms with Crippen molar-refractivity contribution in [1.29, 1.82) is 0 Å². The molecular weight excluding hydrogens is 344 g/mol. The van der Waals surface area contributed by atoms with Crippen LogP contribution in [0.1, 0.15) is 97.3 Å². The minimum absolute atomic E-state index is 0.0645. The number of unbranched alkanes of at least 4 members (excludes halogenated alkanes) is 7. The molecule has 0 heterocycles. The van der Waals surface area contributed by atoms with Gasteiger partial charge in [-0.05, 0) is 38.0 Å². The summed E-state index contributed by atoms with van der Waals surface area (Å²) in [6, 6.07) is 0. The van der Waals surface area contributed by atoms with Gasteiger partial charge >= 0.3 is 11.9 Å². The van der Waals surface area contributed by atoms with Crippen LogP contribution in [0.25, 0.3) is 0 Å². The molecule has 0 aliphatic rings. The highest BCUT2D eigenvalue weighted by Crippen LogP contribution is 2.11. The average Bonchev–Trinajstić information content (AvgIpc) is 2.65. The van der Waals surface area contributed by atoms with Gasteiger partial charge in [-0.1, -0.05) is 52.4 Å². The molecule has 0 aliphatic carbocycles. The Morgan fingerprint density at radius 1 is 0.704 bits per heavy atom. The summed E-state index contributed by atoms with van der Waals surface area (Å²) in [6.45, 7) is 6.12. The molecule has 1 atom stereocenters. The first-order valence-electron chi connectivity index (χ1n) is 10.9. The molecule has 0 radical (unpaired) electrons. The van der Waals surface area contributed by atoms with Crippen LogP contribution in [-0.4, -0.2) is 38.9 Å². The summed E-state index contributed by atoms with van der Waals surface area (Å²) < 4.78 is 15.5. The summed E-state index contributed by atoms with van der Waals surface area (Å²) >= 11 is 0. The Hall–Kier alpha value is -1.10. The minimum Gasteiger partial charge on any atom is -0.466 e. The van der Waals surface area contributed by atoms with Gasteiger partial charge < -0.3 is 14.2 Å². The molecule has 0 N–H and O–H groups in total. The molecule has 0 fully saturated rings. The second kappa shape index (κ2) is 19.7. The van der Waals surface area contributed by atoms with Gasteiger partial charge in [-0.2, -0.15) is 0 Å². The predicted octanol–water partition coefficient (Wildman–Crippen LogP) is 5.45. The fraction of sp³-hybridized carbons (Fsp3) is 0.909. The van der Waals surface area contributed by atoms with Gasteiger partial charge in [0.15, 0.2) is 0 Å². The summed E-state index contributed by atoms with van der Waals surface area (Å²) in [4.78, 5) is 23.2. The fourth-order valence-electron chi connectivity index (χ4n) is 2.77. The maximum atomic E-state index is 11.7. The highest BCUT2D eigenvalue weighted by atomic mass is 16.5. The summed E-state index contributed by atoms with van der Waals surface area (Å²) in [5, 5.41) is 0. The number of hydrogen-bond acceptors (Lipinski definition) is 5. The molecule has 27 heavy (non-hydrogen) atoms. The van der Waals surface area contributed by atoms with Crippen molar-refractivity contribution in [3.05, 3.63) is 0 Å². The molecule has 0 aromatic heterocycles. The van der Waals surface area contributed by atoms with Crippen molar-refractivity contribution in [2.24, 2.45) is 5.92 Å².